The molecule has 1 heterocycles. The van der Waals surface area contributed by atoms with Crippen LogP contribution in [-0.2, 0) is 32.9 Å². The molecule has 1 aliphatic carbocycles. The van der Waals surface area contributed by atoms with Gasteiger partial charge in [0.2, 0.25) is 0 Å². The van der Waals surface area contributed by atoms with E-state index in [1.54, 1.807) is 0 Å². The maximum absolute atomic E-state index is 10.9. The molecule has 1 radical (unpaired) electrons. The smallest absolute Gasteiger partial charge is 0.310 e. The fourth-order valence-electron chi connectivity index (χ4n) is 1.87. The van der Waals surface area contributed by atoms with Crippen LogP contribution in [0, 0.1) is 19.3 Å². The first-order valence-corrected chi connectivity index (χ1v) is 3.62. The van der Waals surface area contributed by atoms with Crippen molar-refractivity contribution in [3.05, 3.63) is 7.43 Å². The zero-order valence-electron chi connectivity index (χ0n) is 7.27. The Labute approximate surface area is 88.5 Å². The third kappa shape index (κ3) is 1.89. The Morgan fingerprint density at radius 3 is 2.38 bits per heavy atom. The Kier molecular flexibility index (Phi) is 4.00. The SMILES string of the molecule is O=C(O)C1CC2CC1C(=O)O2.[CH3-].[V]. The summed E-state index contributed by atoms with van der Waals surface area (Å²) in [6, 6.07) is 0. The summed E-state index contributed by atoms with van der Waals surface area (Å²) >= 11 is 0. The van der Waals surface area contributed by atoms with Gasteiger partial charge < -0.3 is 17.3 Å². The molecular formula is C8H11O4V-. The number of rotatable bonds is 1. The molecule has 0 aromatic carbocycles. The van der Waals surface area contributed by atoms with Gasteiger partial charge in [0.1, 0.15) is 6.10 Å². The number of aliphatic carboxylic acids is 1. The van der Waals surface area contributed by atoms with Crippen LogP contribution in [-0.4, -0.2) is 23.1 Å². The number of ether oxygens (including phenoxy) is 1. The van der Waals surface area contributed by atoms with Crippen molar-refractivity contribution in [1.29, 1.82) is 0 Å². The van der Waals surface area contributed by atoms with Crippen LogP contribution in [0.2, 0.25) is 0 Å². The predicted molar refractivity (Wildman–Crippen MR) is 40.1 cm³/mol. The Morgan fingerprint density at radius 1 is 1.46 bits per heavy atom. The van der Waals surface area contributed by atoms with E-state index in [4.69, 9.17) is 9.84 Å². The zero-order chi connectivity index (χ0) is 8.01. The molecule has 2 aliphatic rings. The molecule has 73 valence electrons. The van der Waals surface area contributed by atoms with Crippen LogP contribution in [0.4, 0.5) is 0 Å². The molecule has 1 saturated carbocycles. The molecule has 0 spiro atoms. The van der Waals surface area contributed by atoms with Gasteiger partial charge in [-0.3, -0.25) is 9.59 Å². The summed E-state index contributed by atoms with van der Waals surface area (Å²) in [6.07, 6.45) is 0.996. The molecule has 2 fully saturated rings. The summed E-state index contributed by atoms with van der Waals surface area (Å²) in [5.74, 6) is -2.04. The first-order valence-electron chi connectivity index (χ1n) is 3.62. The van der Waals surface area contributed by atoms with E-state index in [2.05, 4.69) is 0 Å². The minimum absolute atomic E-state index is 0. The van der Waals surface area contributed by atoms with Crippen molar-refractivity contribution in [3.8, 4) is 0 Å². The van der Waals surface area contributed by atoms with Crippen LogP contribution in [0.3, 0.4) is 0 Å². The Morgan fingerprint density at radius 2 is 2.08 bits per heavy atom. The van der Waals surface area contributed by atoms with Gasteiger partial charge in [-0.15, -0.1) is 0 Å². The number of carbonyl (C=O) groups excluding carboxylic acids is 1. The molecule has 2 rings (SSSR count). The van der Waals surface area contributed by atoms with Crippen molar-refractivity contribution < 1.29 is 38.0 Å². The number of esters is 1. The van der Waals surface area contributed by atoms with E-state index in [0.29, 0.717) is 12.8 Å². The minimum atomic E-state index is -0.867. The summed E-state index contributed by atoms with van der Waals surface area (Å²) in [5, 5.41) is 8.65. The molecule has 0 aromatic rings. The number of hydrogen-bond acceptors (Lipinski definition) is 3. The van der Waals surface area contributed by atoms with Gasteiger partial charge in [-0.25, -0.2) is 0 Å². The number of hydrogen-bond donors (Lipinski definition) is 1. The molecule has 0 amide bonds. The summed E-state index contributed by atoms with van der Waals surface area (Å²) < 4.78 is 4.84. The summed E-state index contributed by atoms with van der Waals surface area (Å²) in [7, 11) is 0. The standard InChI is InChI=1S/C7H8O4.CH3.V/c8-6(9)4-1-3-2-5(4)7(10)11-3;;/h3-5H,1-2H2,(H,8,9);1H3;/q;-1;. The van der Waals surface area contributed by atoms with Gasteiger partial charge in [0.05, 0.1) is 11.8 Å². The Hall–Kier alpha value is -0.476. The Bertz CT molecular complexity index is 228. The second-order valence-electron chi connectivity index (χ2n) is 3.08. The monoisotopic (exact) mass is 222 g/mol. The first kappa shape index (κ1) is 12.5. The summed E-state index contributed by atoms with van der Waals surface area (Å²) in [4.78, 5) is 21.4. The van der Waals surface area contributed by atoms with Gasteiger partial charge in [0.15, 0.2) is 0 Å². The van der Waals surface area contributed by atoms with Crippen molar-refractivity contribution in [3.63, 3.8) is 0 Å². The molecule has 13 heavy (non-hydrogen) atoms. The average Bonchev–Trinajstić information content (AvgIpc) is 2.43. The van der Waals surface area contributed by atoms with Crippen LogP contribution >= 0.6 is 0 Å². The maximum atomic E-state index is 10.9. The molecule has 4 nitrogen and oxygen atoms in total. The van der Waals surface area contributed by atoms with E-state index in [1.807, 2.05) is 0 Å². The molecule has 1 saturated heterocycles. The van der Waals surface area contributed by atoms with Gasteiger partial charge in [0, 0.05) is 18.6 Å². The van der Waals surface area contributed by atoms with Gasteiger partial charge in [-0.1, -0.05) is 0 Å². The van der Waals surface area contributed by atoms with E-state index in [9.17, 15) is 9.59 Å². The molecule has 1 N–H and O–H groups in total. The third-order valence-electron chi connectivity index (χ3n) is 2.42. The van der Waals surface area contributed by atoms with Gasteiger partial charge in [0.25, 0.3) is 0 Å². The minimum Gasteiger partial charge on any atom is -0.481 e. The van der Waals surface area contributed by atoms with Crippen LogP contribution < -0.4 is 0 Å². The van der Waals surface area contributed by atoms with Crippen molar-refractivity contribution >= 4 is 11.9 Å². The number of carboxylic acid groups (broad SMARTS) is 1. The van der Waals surface area contributed by atoms with E-state index < -0.39 is 11.9 Å². The second-order valence-corrected chi connectivity index (χ2v) is 3.08. The molecule has 2 bridgehead atoms. The topological polar surface area (TPSA) is 63.6 Å². The van der Waals surface area contributed by atoms with Gasteiger partial charge in [-0.2, -0.15) is 0 Å². The van der Waals surface area contributed by atoms with Gasteiger partial charge >= 0.3 is 11.9 Å². The summed E-state index contributed by atoms with van der Waals surface area (Å²) in [6.45, 7) is 0. The molecule has 3 unspecified atom stereocenters. The summed E-state index contributed by atoms with van der Waals surface area (Å²) in [5.41, 5.74) is 0. The third-order valence-corrected chi connectivity index (χ3v) is 2.42. The number of fused-ring (bicyclic) bond motifs is 2. The quantitative estimate of drug-likeness (QED) is 0.517. The first-order chi connectivity index (χ1) is 5.18. The van der Waals surface area contributed by atoms with Crippen LogP contribution in [0.15, 0.2) is 0 Å². The fraction of sp³-hybridized carbons (Fsp3) is 0.625. The molecule has 5 heteroatoms. The maximum Gasteiger partial charge on any atom is 0.310 e. The molecule has 1 aliphatic heterocycles. The van der Waals surface area contributed by atoms with Crippen LogP contribution in [0.25, 0.3) is 0 Å². The van der Waals surface area contributed by atoms with Crippen LogP contribution in [0.1, 0.15) is 12.8 Å². The largest absolute Gasteiger partial charge is 0.481 e. The van der Waals surface area contributed by atoms with Crippen LogP contribution in [0.5, 0.6) is 0 Å². The molecule has 0 aromatic heterocycles. The van der Waals surface area contributed by atoms with E-state index >= 15 is 0 Å². The normalized spacial score (nSPS) is 34.5. The number of carboxylic acids is 1. The Balaban J connectivity index is 0.000000720. The van der Waals surface area contributed by atoms with E-state index in [-0.39, 0.29) is 44.0 Å². The van der Waals surface area contributed by atoms with Crippen molar-refractivity contribution in [2.24, 2.45) is 11.8 Å². The second kappa shape index (κ2) is 4.16. The van der Waals surface area contributed by atoms with E-state index in [0.717, 1.165) is 0 Å². The predicted octanol–water partition coefficient (Wildman–Crippen LogP) is 0.470. The average molecular weight is 222 g/mol. The van der Waals surface area contributed by atoms with E-state index in [1.165, 1.54) is 0 Å². The molecule has 3 atom stereocenters. The fourth-order valence-corrected chi connectivity index (χ4v) is 1.87. The van der Waals surface area contributed by atoms with Crippen molar-refractivity contribution in [2.45, 2.75) is 18.9 Å². The number of carbonyl (C=O) groups is 2. The zero-order valence-corrected chi connectivity index (χ0v) is 8.66. The molecular weight excluding hydrogens is 211 g/mol. The van der Waals surface area contributed by atoms with Crippen molar-refractivity contribution in [2.75, 3.05) is 0 Å². The van der Waals surface area contributed by atoms with Gasteiger partial charge in [-0.05, 0) is 12.8 Å². The van der Waals surface area contributed by atoms with Crippen molar-refractivity contribution in [1.82, 2.24) is 0 Å².